The van der Waals surface area contributed by atoms with Crippen molar-refractivity contribution < 1.29 is 17.7 Å². The van der Waals surface area contributed by atoms with Gasteiger partial charge in [0.1, 0.15) is 12.0 Å². The third-order valence-electron chi connectivity index (χ3n) is 2.30. The van der Waals surface area contributed by atoms with Gasteiger partial charge in [-0.25, -0.2) is 0 Å². The number of nitrogens with two attached hydrogens (primary N) is 1. The molecule has 2 rings (SSSR count). The molecule has 0 bridgehead atoms. The van der Waals surface area contributed by atoms with Crippen molar-refractivity contribution in [1.29, 1.82) is 0 Å². The molecule has 0 fully saturated rings. The van der Waals surface area contributed by atoms with Crippen LogP contribution < -0.4 is 11.1 Å². The summed E-state index contributed by atoms with van der Waals surface area (Å²) in [6.45, 7) is 0.142. The number of anilines is 2. The van der Waals surface area contributed by atoms with Gasteiger partial charge in [0, 0.05) is 17.4 Å². The van der Waals surface area contributed by atoms with Crippen LogP contribution in [0.2, 0.25) is 0 Å². The molecule has 0 spiro atoms. The predicted octanol–water partition coefficient (Wildman–Crippen LogP) is 2.89. The largest absolute Gasteiger partial charge is 0.418 e. The highest BCUT2D eigenvalue weighted by Crippen LogP contribution is 2.36. The van der Waals surface area contributed by atoms with E-state index in [1.165, 1.54) is 18.4 Å². The molecule has 0 saturated carbocycles. The van der Waals surface area contributed by atoms with Gasteiger partial charge >= 0.3 is 6.18 Å². The second kappa shape index (κ2) is 4.59. The normalized spacial score (nSPS) is 11.5. The zero-order valence-electron chi connectivity index (χ0n) is 9.16. The molecule has 0 aliphatic carbocycles. The van der Waals surface area contributed by atoms with Gasteiger partial charge in [-0.2, -0.15) is 13.2 Å². The fraction of sp³-hybridized carbons (Fsp3) is 0.182. The van der Waals surface area contributed by atoms with Gasteiger partial charge in [0.2, 0.25) is 0 Å². The molecule has 0 atom stereocenters. The number of hydrogen-bond donors (Lipinski definition) is 2. The Morgan fingerprint density at radius 3 is 2.67 bits per heavy atom. The van der Waals surface area contributed by atoms with E-state index in [1.54, 1.807) is 6.07 Å². The van der Waals surface area contributed by atoms with Crippen LogP contribution in [0, 0.1) is 0 Å². The summed E-state index contributed by atoms with van der Waals surface area (Å²) in [7, 11) is 0. The lowest BCUT2D eigenvalue weighted by Crippen LogP contribution is -2.11. The number of benzene rings is 1. The summed E-state index contributed by atoms with van der Waals surface area (Å²) in [4.78, 5) is 0. The first-order valence-corrected chi connectivity index (χ1v) is 5.06. The minimum atomic E-state index is -4.46. The van der Waals surface area contributed by atoms with E-state index in [9.17, 15) is 13.2 Å². The highest BCUT2D eigenvalue weighted by Gasteiger charge is 2.33. The molecule has 1 aromatic heterocycles. The highest BCUT2D eigenvalue weighted by atomic mass is 19.4. The molecule has 3 N–H and O–H groups in total. The first-order chi connectivity index (χ1) is 8.47. The maximum absolute atomic E-state index is 12.8. The van der Waals surface area contributed by atoms with Crippen molar-refractivity contribution in [2.45, 2.75) is 12.7 Å². The molecular weight excluding hydrogens is 247 g/mol. The second-order valence-electron chi connectivity index (χ2n) is 3.65. The zero-order valence-corrected chi connectivity index (χ0v) is 9.16. The Bertz CT molecular complexity index is 523. The molecule has 0 aliphatic rings. The summed E-state index contributed by atoms with van der Waals surface area (Å²) in [5.74, 6) is 0. The van der Waals surface area contributed by atoms with Crippen LogP contribution in [0.1, 0.15) is 11.3 Å². The average Bonchev–Trinajstić information content (AvgIpc) is 2.79. The van der Waals surface area contributed by atoms with Crippen molar-refractivity contribution in [2.75, 3.05) is 11.1 Å². The fourth-order valence-electron chi connectivity index (χ4n) is 1.47. The van der Waals surface area contributed by atoms with Crippen LogP contribution in [0.25, 0.3) is 0 Å². The van der Waals surface area contributed by atoms with E-state index in [0.29, 0.717) is 5.69 Å². The molecule has 1 heterocycles. The number of halogens is 3. The number of alkyl halides is 3. The van der Waals surface area contributed by atoms with E-state index in [1.807, 2.05) is 0 Å². The van der Waals surface area contributed by atoms with Crippen LogP contribution in [-0.4, -0.2) is 5.16 Å². The summed E-state index contributed by atoms with van der Waals surface area (Å²) in [5.41, 5.74) is 5.10. The molecular formula is C11H10F3N3O. The molecule has 7 heteroatoms. The van der Waals surface area contributed by atoms with Gasteiger partial charge in [0.25, 0.3) is 0 Å². The van der Waals surface area contributed by atoms with Crippen LogP contribution in [0.15, 0.2) is 35.1 Å². The number of hydrogen-bond acceptors (Lipinski definition) is 4. The lowest BCUT2D eigenvalue weighted by molar-refractivity contribution is -0.136. The predicted molar refractivity (Wildman–Crippen MR) is 59.7 cm³/mol. The maximum Gasteiger partial charge on any atom is 0.418 e. The summed E-state index contributed by atoms with van der Waals surface area (Å²) in [5, 5.41) is 6.25. The molecule has 0 radical (unpaired) electrons. The third-order valence-corrected chi connectivity index (χ3v) is 2.30. The molecule has 2 aromatic rings. The van der Waals surface area contributed by atoms with Gasteiger partial charge in [-0.1, -0.05) is 5.16 Å². The van der Waals surface area contributed by atoms with Crippen LogP contribution in [0.5, 0.6) is 0 Å². The first kappa shape index (κ1) is 12.3. The van der Waals surface area contributed by atoms with Crippen molar-refractivity contribution in [3.63, 3.8) is 0 Å². The first-order valence-electron chi connectivity index (χ1n) is 5.06. The number of nitrogens with one attached hydrogen (secondary N) is 1. The van der Waals surface area contributed by atoms with Gasteiger partial charge in [-0.05, 0) is 18.2 Å². The Balaban J connectivity index is 2.22. The van der Waals surface area contributed by atoms with Crippen LogP contribution >= 0.6 is 0 Å². The smallest absolute Gasteiger partial charge is 0.399 e. The van der Waals surface area contributed by atoms with Crippen molar-refractivity contribution in [3.8, 4) is 0 Å². The van der Waals surface area contributed by atoms with Gasteiger partial charge in [0.15, 0.2) is 0 Å². The molecule has 0 amide bonds. The Hall–Kier alpha value is -2.18. The lowest BCUT2D eigenvalue weighted by atomic mass is 10.1. The van der Waals surface area contributed by atoms with E-state index >= 15 is 0 Å². The van der Waals surface area contributed by atoms with E-state index in [0.717, 1.165) is 6.07 Å². The van der Waals surface area contributed by atoms with Crippen LogP contribution in [-0.2, 0) is 12.7 Å². The Labute approximate surface area is 101 Å². The van der Waals surface area contributed by atoms with E-state index in [2.05, 4.69) is 15.0 Å². The lowest BCUT2D eigenvalue weighted by Gasteiger charge is -2.14. The molecule has 0 aliphatic heterocycles. The maximum atomic E-state index is 12.8. The Kier molecular flexibility index (Phi) is 3.14. The fourth-order valence-corrected chi connectivity index (χ4v) is 1.47. The van der Waals surface area contributed by atoms with Gasteiger partial charge in [-0.3, -0.25) is 0 Å². The zero-order chi connectivity index (χ0) is 13.2. The Morgan fingerprint density at radius 1 is 1.28 bits per heavy atom. The number of aromatic nitrogens is 1. The summed E-state index contributed by atoms with van der Waals surface area (Å²) < 4.78 is 42.9. The minimum absolute atomic E-state index is 0.0419. The third kappa shape index (κ3) is 2.73. The monoisotopic (exact) mass is 257 g/mol. The van der Waals surface area contributed by atoms with Crippen LogP contribution in [0.4, 0.5) is 24.5 Å². The second-order valence-corrected chi connectivity index (χ2v) is 3.65. The molecule has 4 nitrogen and oxygen atoms in total. The topological polar surface area (TPSA) is 64.1 Å². The van der Waals surface area contributed by atoms with E-state index < -0.39 is 11.7 Å². The highest BCUT2D eigenvalue weighted by molar-refractivity contribution is 5.59. The van der Waals surface area contributed by atoms with Crippen molar-refractivity contribution in [2.24, 2.45) is 0 Å². The van der Waals surface area contributed by atoms with Gasteiger partial charge in [-0.15, -0.1) is 0 Å². The van der Waals surface area contributed by atoms with E-state index in [-0.39, 0.29) is 17.9 Å². The number of rotatable bonds is 3. The molecule has 18 heavy (non-hydrogen) atoms. The summed E-state index contributed by atoms with van der Waals surface area (Å²) in [6.07, 6.45) is -3.10. The average molecular weight is 257 g/mol. The van der Waals surface area contributed by atoms with Crippen molar-refractivity contribution in [1.82, 2.24) is 5.16 Å². The van der Waals surface area contributed by atoms with Gasteiger partial charge in [0.05, 0.1) is 12.1 Å². The summed E-state index contributed by atoms with van der Waals surface area (Å²) >= 11 is 0. The quantitative estimate of drug-likeness (QED) is 0.830. The SMILES string of the molecule is Nc1ccc(NCc2ccon2)c(C(F)(F)F)c1. The molecule has 0 unspecified atom stereocenters. The van der Waals surface area contributed by atoms with Crippen molar-refractivity contribution >= 4 is 11.4 Å². The summed E-state index contributed by atoms with van der Waals surface area (Å²) in [6, 6.07) is 5.15. The minimum Gasteiger partial charge on any atom is -0.399 e. The van der Waals surface area contributed by atoms with Crippen LogP contribution in [0.3, 0.4) is 0 Å². The standard InChI is InChI=1S/C11H10F3N3O/c12-11(13,14)9-5-7(15)1-2-10(9)16-6-8-3-4-18-17-8/h1-5,16H,6,15H2. The number of nitrogen functional groups attached to an aromatic ring is 1. The molecule has 1 aromatic carbocycles. The van der Waals surface area contributed by atoms with E-state index in [4.69, 9.17) is 5.73 Å². The number of nitrogens with zero attached hydrogens (tertiary/aromatic N) is 1. The molecule has 0 saturated heterocycles. The van der Waals surface area contributed by atoms with Gasteiger partial charge < -0.3 is 15.6 Å². The Morgan fingerprint density at radius 2 is 2.06 bits per heavy atom. The van der Waals surface area contributed by atoms with Crippen molar-refractivity contribution in [3.05, 3.63) is 41.8 Å². The molecule has 96 valence electrons.